The summed E-state index contributed by atoms with van der Waals surface area (Å²) in [5.41, 5.74) is -2.10. The number of amides is 1. The van der Waals surface area contributed by atoms with Crippen LogP contribution >= 0.6 is 0 Å². The number of rotatable bonds is 3. The molecule has 6 nitrogen and oxygen atoms in total. The van der Waals surface area contributed by atoms with E-state index in [1.54, 1.807) is 70.2 Å². The minimum absolute atomic E-state index is 0.289. The third-order valence-corrected chi connectivity index (χ3v) is 3.37. The van der Waals surface area contributed by atoms with Gasteiger partial charge in [0.1, 0.15) is 5.60 Å². The maximum atomic E-state index is 12.7. The molecule has 128 valence electrons. The van der Waals surface area contributed by atoms with Crippen molar-refractivity contribution in [3.8, 4) is 0 Å². The molecule has 1 aromatic rings. The van der Waals surface area contributed by atoms with Crippen molar-refractivity contribution in [3.63, 3.8) is 0 Å². The molecule has 1 heterocycles. The highest BCUT2D eigenvalue weighted by atomic mass is 16.6. The number of hydroxylamine groups is 2. The minimum Gasteiger partial charge on any atom is -0.756 e. The van der Waals surface area contributed by atoms with Gasteiger partial charge in [0.05, 0.1) is 0 Å². The first-order valence-electron chi connectivity index (χ1n) is 7.60. The molecular weight excluding hydrogens is 308 g/mol. The molecule has 0 saturated carbocycles. The molecule has 0 spiro atoms. The molecule has 1 aromatic carbocycles. The number of allylic oxidation sites excluding steroid dienone is 3. The lowest BCUT2D eigenvalue weighted by atomic mass is 10.0. The van der Waals surface area contributed by atoms with Crippen molar-refractivity contribution in [1.82, 2.24) is 10.4 Å². The Balaban J connectivity index is 2.37. The number of carbonyl (C=O) groups excluding carboxylic acids is 2. The van der Waals surface area contributed by atoms with Gasteiger partial charge in [0, 0.05) is 11.3 Å². The lowest BCUT2D eigenvalue weighted by Crippen LogP contribution is -2.64. The van der Waals surface area contributed by atoms with Crippen LogP contribution in [0.3, 0.4) is 0 Å². The third kappa shape index (κ3) is 3.65. The van der Waals surface area contributed by atoms with Gasteiger partial charge < -0.3 is 20.3 Å². The van der Waals surface area contributed by atoms with E-state index < -0.39 is 23.1 Å². The summed E-state index contributed by atoms with van der Waals surface area (Å²) in [5.74, 6) is -1.38. The fourth-order valence-electron chi connectivity index (χ4n) is 2.23. The SMILES string of the molecule is CC1=CC=CC(NC(=O)c2ccccc2)(C(=O)OC(C)(C)C)N1[O-]. The van der Waals surface area contributed by atoms with E-state index >= 15 is 0 Å². The molecule has 1 atom stereocenters. The van der Waals surface area contributed by atoms with Crippen LogP contribution in [0.4, 0.5) is 0 Å². The van der Waals surface area contributed by atoms with E-state index in [9.17, 15) is 14.8 Å². The topological polar surface area (TPSA) is 81.7 Å². The summed E-state index contributed by atoms with van der Waals surface area (Å²) in [6.07, 6.45) is 4.45. The van der Waals surface area contributed by atoms with Crippen LogP contribution < -0.4 is 5.32 Å². The largest absolute Gasteiger partial charge is 0.756 e. The summed E-state index contributed by atoms with van der Waals surface area (Å²) in [5, 5.41) is 15.6. The number of nitrogens with zero attached hydrogens (tertiary/aromatic N) is 1. The van der Waals surface area contributed by atoms with E-state index in [-0.39, 0.29) is 5.70 Å². The normalized spacial score (nSPS) is 20.4. The number of carbonyl (C=O) groups is 2. The van der Waals surface area contributed by atoms with E-state index in [4.69, 9.17) is 4.74 Å². The van der Waals surface area contributed by atoms with Crippen molar-refractivity contribution in [3.05, 3.63) is 65.0 Å². The summed E-state index contributed by atoms with van der Waals surface area (Å²) in [7, 11) is 0. The van der Waals surface area contributed by atoms with Crippen molar-refractivity contribution in [2.24, 2.45) is 0 Å². The van der Waals surface area contributed by atoms with Crippen LogP contribution in [0.15, 0.2) is 54.3 Å². The highest BCUT2D eigenvalue weighted by Gasteiger charge is 2.44. The molecule has 0 bridgehead atoms. The Kier molecular flexibility index (Phi) is 4.80. The van der Waals surface area contributed by atoms with Gasteiger partial charge in [-0.15, -0.1) is 0 Å². The average molecular weight is 329 g/mol. The Morgan fingerprint density at radius 3 is 2.42 bits per heavy atom. The summed E-state index contributed by atoms with van der Waals surface area (Å²) in [6.45, 7) is 6.65. The van der Waals surface area contributed by atoms with Crippen molar-refractivity contribution < 1.29 is 14.3 Å². The maximum Gasteiger partial charge on any atom is 0.357 e. The van der Waals surface area contributed by atoms with Crippen molar-refractivity contribution in [2.75, 3.05) is 0 Å². The molecule has 24 heavy (non-hydrogen) atoms. The zero-order valence-corrected chi connectivity index (χ0v) is 14.2. The van der Waals surface area contributed by atoms with Crippen molar-refractivity contribution in [1.29, 1.82) is 0 Å². The zero-order chi connectivity index (χ0) is 18.0. The van der Waals surface area contributed by atoms with Crippen LogP contribution in [0, 0.1) is 5.21 Å². The lowest BCUT2D eigenvalue weighted by Gasteiger charge is -2.48. The first-order valence-corrected chi connectivity index (χ1v) is 7.60. The van der Waals surface area contributed by atoms with Gasteiger partial charge in [-0.05, 0) is 52.0 Å². The van der Waals surface area contributed by atoms with Gasteiger partial charge in [0.15, 0.2) is 0 Å². The summed E-state index contributed by atoms with van der Waals surface area (Å²) in [6, 6.07) is 8.37. The molecule has 2 rings (SSSR count). The summed E-state index contributed by atoms with van der Waals surface area (Å²) < 4.78 is 5.36. The van der Waals surface area contributed by atoms with Crippen LogP contribution in [-0.2, 0) is 9.53 Å². The van der Waals surface area contributed by atoms with E-state index in [0.29, 0.717) is 10.6 Å². The van der Waals surface area contributed by atoms with Gasteiger partial charge in [0.25, 0.3) is 5.91 Å². The van der Waals surface area contributed by atoms with E-state index in [1.165, 1.54) is 6.08 Å². The first-order chi connectivity index (χ1) is 11.2. The van der Waals surface area contributed by atoms with E-state index in [2.05, 4.69) is 5.32 Å². The summed E-state index contributed by atoms with van der Waals surface area (Å²) >= 11 is 0. The molecule has 0 aromatic heterocycles. The van der Waals surface area contributed by atoms with Crippen molar-refractivity contribution >= 4 is 11.9 Å². The molecule has 0 fully saturated rings. The Bertz CT molecular complexity index is 689. The Morgan fingerprint density at radius 1 is 1.21 bits per heavy atom. The highest BCUT2D eigenvalue weighted by molar-refractivity contribution is 5.99. The number of ether oxygens (including phenoxy) is 1. The fourth-order valence-corrected chi connectivity index (χ4v) is 2.23. The zero-order valence-electron chi connectivity index (χ0n) is 14.2. The average Bonchev–Trinajstić information content (AvgIpc) is 2.51. The summed E-state index contributed by atoms with van der Waals surface area (Å²) in [4.78, 5) is 25.2. The number of benzene rings is 1. The van der Waals surface area contributed by atoms with Crippen LogP contribution in [0.2, 0.25) is 0 Å². The second kappa shape index (κ2) is 6.49. The van der Waals surface area contributed by atoms with Gasteiger partial charge in [-0.1, -0.05) is 24.3 Å². The van der Waals surface area contributed by atoms with Gasteiger partial charge in [-0.25, -0.2) is 4.79 Å². The second-order valence-corrected chi connectivity index (χ2v) is 6.55. The smallest absolute Gasteiger partial charge is 0.357 e. The second-order valence-electron chi connectivity index (χ2n) is 6.55. The molecule has 0 saturated heterocycles. The number of esters is 1. The van der Waals surface area contributed by atoms with Crippen LogP contribution in [-0.4, -0.2) is 28.2 Å². The fraction of sp³-hybridized carbons (Fsp3) is 0.333. The molecule has 0 aliphatic carbocycles. The monoisotopic (exact) mass is 329 g/mol. The maximum absolute atomic E-state index is 12.7. The van der Waals surface area contributed by atoms with E-state index in [1.807, 2.05) is 0 Å². The van der Waals surface area contributed by atoms with Gasteiger partial charge >= 0.3 is 5.97 Å². The minimum atomic E-state index is -1.93. The van der Waals surface area contributed by atoms with Crippen LogP contribution in [0.25, 0.3) is 0 Å². The molecule has 1 aliphatic heterocycles. The lowest BCUT2D eigenvalue weighted by molar-refractivity contribution is -0.165. The van der Waals surface area contributed by atoms with Gasteiger partial charge in [-0.3, -0.25) is 4.79 Å². The molecule has 0 radical (unpaired) electrons. The molecule has 1 amide bonds. The number of nitrogens with one attached hydrogen (secondary N) is 1. The Morgan fingerprint density at radius 2 is 1.83 bits per heavy atom. The van der Waals surface area contributed by atoms with Gasteiger partial charge in [-0.2, -0.15) is 0 Å². The quantitative estimate of drug-likeness (QED) is 0.862. The van der Waals surface area contributed by atoms with Gasteiger partial charge in [0.2, 0.25) is 5.66 Å². The first kappa shape index (κ1) is 17.7. The molecular formula is C18H21N2O4-. The van der Waals surface area contributed by atoms with Crippen molar-refractivity contribution in [2.45, 2.75) is 39.0 Å². The molecule has 1 aliphatic rings. The van der Waals surface area contributed by atoms with Crippen LogP contribution in [0.1, 0.15) is 38.1 Å². The standard InChI is InChI=1S/C18H21N2O4/c1-13-9-8-12-18(20(13)23,16(22)24-17(2,3)4)19-15(21)14-10-6-5-7-11-14/h5-12H,1-4H3,(H,19,21)/q-1. The highest BCUT2D eigenvalue weighted by Crippen LogP contribution is 2.27. The predicted molar refractivity (Wildman–Crippen MR) is 90.6 cm³/mol. The Hall–Kier alpha value is -2.60. The predicted octanol–water partition coefficient (Wildman–Crippen LogP) is 2.73. The third-order valence-electron chi connectivity index (χ3n) is 3.37. The number of hydrogen-bond acceptors (Lipinski definition) is 5. The molecule has 1 unspecified atom stereocenters. The Labute approximate surface area is 141 Å². The molecule has 6 heteroatoms. The molecule has 1 N–H and O–H groups in total. The number of hydrogen-bond donors (Lipinski definition) is 1. The van der Waals surface area contributed by atoms with Crippen LogP contribution in [0.5, 0.6) is 0 Å². The van der Waals surface area contributed by atoms with E-state index in [0.717, 1.165) is 0 Å².